The normalized spacial score (nSPS) is 24.8. The van der Waals surface area contributed by atoms with Gasteiger partial charge in [0.05, 0.1) is 5.92 Å². The van der Waals surface area contributed by atoms with Crippen molar-refractivity contribution in [3.63, 3.8) is 0 Å². The van der Waals surface area contributed by atoms with Crippen molar-refractivity contribution in [1.82, 2.24) is 10.2 Å². The van der Waals surface area contributed by atoms with Gasteiger partial charge in [-0.25, -0.2) is 0 Å². The molecule has 1 unspecified atom stereocenters. The summed E-state index contributed by atoms with van der Waals surface area (Å²) in [6.07, 6.45) is 2.19. The quantitative estimate of drug-likeness (QED) is 0.690. The molecule has 13 heavy (non-hydrogen) atoms. The summed E-state index contributed by atoms with van der Waals surface area (Å²) >= 11 is 0. The summed E-state index contributed by atoms with van der Waals surface area (Å²) in [5.74, 6) is 0.409. The van der Waals surface area contributed by atoms with Crippen molar-refractivity contribution in [1.29, 1.82) is 0 Å². The topological polar surface area (TPSA) is 32.3 Å². The third-order valence-corrected chi connectivity index (χ3v) is 2.80. The maximum Gasteiger partial charge on any atom is 0.224 e. The molecule has 1 aliphatic rings. The summed E-state index contributed by atoms with van der Waals surface area (Å²) in [6.45, 7) is 6.45. The molecular formula is C10H20N2O. The predicted molar refractivity (Wildman–Crippen MR) is 53.5 cm³/mol. The number of piperidine rings is 1. The molecule has 1 aliphatic heterocycles. The fraction of sp³-hybridized carbons (Fsp3) is 0.900. The molecule has 0 aliphatic carbocycles. The van der Waals surface area contributed by atoms with Crippen LogP contribution in [0.3, 0.4) is 0 Å². The highest BCUT2D eigenvalue weighted by molar-refractivity contribution is 5.78. The van der Waals surface area contributed by atoms with Gasteiger partial charge in [-0.05, 0) is 33.2 Å². The van der Waals surface area contributed by atoms with Crippen LogP contribution in [-0.4, -0.2) is 37.0 Å². The molecule has 3 heteroatoms. The molecule has 0 radical (unpaired) electrons. The van der Waals surface area contributed by atoms with E-state index in [0.29, 0.717) is 6.04 Å². The van der Waals surface area contributed by atoms with E-state index in [1.807, 2.05) is 0 Å². The van der Waals surface area contributed by atoms with Gasteiger partial charge < -0.3 is 10.2 Å². The standard InChI is InChI=1S/C10H20N2O/c1-8(2)12-6-4-5-9(7-12)10(13)11-3/h8-9H,4-7H2,1-3H3,(H,11,13). The number of hydrogen-bond acceptors (Lipinski definition) is 2. The van der Waals surface area contributed by atoms with Crippen LogP contribution in [0.1, 0.15) is 26.7 Å². The summed E-state index contributed by atoms with van der Waals surface area (Å²) in [6, 6.07) is 0.562. The van der Waals surface area contributed by atoms with E-state index in [1.165, 1.54) is 0 Å². The van der Waals surface area contributed by atoms with Crippen molar-refractivity contribution < 1.29 is 4.79 Å². The number of hydrogen-bond donors (Lipinski definition) is 1. The molecule has 0 saturated carbocycles. The van der Waals surface area contributed by atoms with E-state index < -0.39 is 0 Å². The molecule has 1 saturated heterocycles. The molecule has 0 bridgehead atoms. The molecule has 3 nitrogen and oxygen atoms in total. The van der Waals surface area contributed by atoms with Crippen molar-refractivity contribution >= 4 is 5.91 Å². The Labute approximate surface area is 80.5 Å². The Hall–Kier alpha value is -0.570. The molecule has 1 rings (SSSR count). The van der Waals surface area contributed by atoms with Crippen LogP contribution in [0.25, 0.3) is 0 Å². The van der Waals surface area contributed by atoms with Gasteiger partial charge in [-0.3, -0.25) is 4.79 Å². The SMILES string of the molecule is CNC(=O)C1CCCN(C(C)C)C1. The van der Waals surface area contributed by atoms with Gasteiger partial charge in [0.15, 0.2) is 0 Å². The average Bonchev–Trinajstić information content (AvgIpc) is 2.17. The zero-order chi connectivity index (χ0) is 9.84. The van der Waals surface area contributed by atoms with Crippen LogP contribution in [0, 0.1) is 5.92 Å². The van der Waals surface area contributed by atoms with Crippen molar-refractivity contribution in [3.05, 3.63) is 0 Å². The van der Waals surface area contributed by atoms with E-state index in [2.05, 4.69) is 24.1 Å². The molecule has 1 fully saturated rings. The lowest BCUT2D eigenvalue weighted by Gasteiger charge is -2.34. The van der Waals surface area contributed by atoms with Gasteiger partial charge in [-0.1, -0.05) is 0 Å². The molecular weight excluding hydrogens is 164 g/mol. The molecule has 0 aromatic carbocycles. The van der Waals surface area contributed by atoms with Crippen molar-refractivity contribution in [2.75, 3.05) is 20.1 Å². The fourth-order valence-corrected chi connectivity index (χ4v) is 1.89. The van der Waals surface area contributed by atoms with Crippen LogP contribution in [0.5, 0.6) is 0 Å². The second-order valence-corrected chi connectivity index (χ2v) is 4.04. The van der Waals surface area contributed by atoms with Gasteiger partial charge in [-0.2, -0.15) is 0 Å². The summed E-state index contributed by atoms with van der Waals surface area (Å²) in [5.41, 5.74) is 0. The number of carbonyl (C=O) groups is 1. The zero-order valence-corrected chi connectivity index (χ0v) is 8.84. The maximum absolute atomic E-state index is 11.4. The molecule has 1 atom stereocenters. The van der Waals surface area contributed by atoms with E-state index in [-0.39, 0.29) is 11.8 Å². The Kier molecular flexibility index (Phi) is 3.72. The average molecular weight is 184 g/mol. The first-order valence-electron chi connectivity index (χ1n) is 5.10. The van der Waals surface area contributed by atoms with E-state index in [0.717, 1.165) is 25.9 Å². The Balaban J connectivity index is 2.46. The minimum absolute atomic E-state index is 0.199. The minimum Gasteiger partial charge on any atom is -0.359 e. The summed E-state index contributed by atoms with van der Waals surface area (Å²) < 4.78 is 0. The Morgan fingerprint density at radius 2 is 2.23 bits per heavy atom. The van der Waals surface area contributed by atoms with Crippen molar-refractivity contribution in [2.24, 2.45) is 5.92 Å². The Morgan fingerprint density at radius 1 is 1.54 bits per heavy atom. The first-order chi connectivity index (χ1) is 6.15. The van der Waals surface area contributed by atoms with Gasteiger partial charge in [-0.15, -0.1) is 0 Å². The predicted octanol–water partition coefficient (Wildman–Crippen LogP) is 0.853. The zero-order valence-electron chi connectivity index (χ0n) is 8.84. The number of nitrogens with one attached hydrogen (secondary N) is 1. The monoisotopic (exact) mass is 184 g/mol. The highest BCUT2D eigenvalue weighted by atomic mass is 16.1. The van der Waals surface area contributed by atoms with Crippen LogP contribution in [0.4, 0.5) is 0 Å². The van der Waals surface area contributed by atoms with E-state index >= 15 is 0 Å². The van der Waals surface area contributed by atoms with Crippen molar-refractivity contribution in [2.45, 2.75) is 32.7 Å². The number of nitrogens with zero attached hydrogens (tertiary/aromatic N) is 1. The lowest BCUT2D eigenvalue weighted by atomic mass is 9.96. The van der Waals surface area contributed by atoms with E-state index in [1.54, 1.807) is 7.05 Å². The second-order valence-electron chi connectivity index (χ2n) is 4.04. The van der Waals surface area contributed by atoms with Crippen LogP contribution >= 0.6 is 0 Å². The Bertz CT molecular complexity index is 180. The molecule has 0 spiro atoms. The van der Waals surface area contributed by atoms with Gasteiger partial charge in [0.2, 0.25) is 5.91 Å². The summed E-state index contributed by atoms with van der Waals surface area (Å²) in [7, 11) is 1.72. The van der Waals surface area contributed by atoms with Crippen LogP contribution in [-0.2, 0) is 4.79 Å². The molecule has 1 amide bonds. The molecule has 1 heterocycles. The third-order valence-electron chi connectivity index (χ3n) is 2.80. The second kappa shape index (κ2) is 4.61. The lowest BCUT2D eigenvalue weighted by molar-refractivity contribution is -0.126. The number of likely N-dealkylation sites (tertiary alicyclic amines) is 1. The molecule has 76 valence electrons. The van der Waals surface area contributed by atoms with E-state index in [9.17, 15) is 4.79 Å². The Morgan fingerprint density at radius 3 is 2.77 bits per heavy atom. The number of rotatable bonds is 2. The lowest BCUT2D eigenvalue weighted by Crippen LogP contribution is -2.44. The summed E-state index contributed by atoms with van der Waals surface area (Å²) in [4.78, 5) is 13.8. The molecule has 0 aromatic rings. The highest BCUT2D eigenvalue weighted by Crippen LogP contribution is 2.18. The fourth-order valence-electron chi connectivity index (χ4n) is 1.89. The van der Waals surface area contributed by atoms with E-state index in [4.69, 9.17) is 0 Å². The van der Waals surface area contributed by atoms with Gasteiger partial charge in [0, 0.05) is 19.6 Å². The molecule has 0 aromatic heterocycles. The number of carbonyl (C=O) groups excluding carboxylic acids is 1. The molecule has 1 N–H and O–H groups in total. The minimum atomic E-state index is 0.199. The van der Waals surface area contributed by atoms with Gasteiger partial charge in [0.25, 0.3) is 0 Å². The summed E-state index contributed by atoms with van der Waals surface area (Å²) in [5, 5.41) is 2.73. The smallest absolute Gasteiger partial charge is 0.224 e. The van der Waals surface area contributed by atoms with Crippen molar-refractivity contribution in [3.8, 4) is 0 Å². The van der Waals surface area contributed by atoms with Crippen LogP contribution in [0.15, 0.2) is 0 Å². The number of amides is 1. The largest absolute Gasteiger partial charge is 0.359 e. The highest BCUT2D eigenvalue weighted by Gasteiger charge is 2.25. The van der Waals surface area contributed by atoms with Crippen LogP contribution < -0.4 is 5.32 Å². The third kappa shape index (κ3) is 2.69. The maximum atomic E-state index is 11.4. The first-order valence-corrected chi connectivity index (χ1v) is 5.10. The van der Waals surface area contributed by atoms with Gasteiger partial charge >= 0.3 is 0 Å². The van der Waals surface area contributed by atoms with Crippen LogP contribution in [0.2, 0.25) is 0 Å². The van der Waals surface area contributed by atoms with Gasteiger partial charge in [0.1, 0.15) is 0 Å². The first kappa shape index (κ1) is 10.5.